The third-order valence-corrected chi connectivity index (χ3v) is 8.93. The third kappa shape index (κ3) is 3.88. The average molecular weight is 556 g/mol. The quantitative estimate of drug-likeness (QED) is 0.177. The average Bonchev–Trinajstić information content (AvgIpc) is 3.61. The Bertz CT molecular complexity index is 1290. The van der Waals surface area contributed by atoms with Gasteiger partial charge in [-0.2, -0.15) is 0 Å². The molecule has 0 aromatic heterocycles. The molecular formula is C26H37N9O5. The standard InChI is InChI=1S/C26H37N9O5/c1-24(2)8-10-40-18-13(5-3-6-14(18)24)20(36)32-17-12-35-23(28)31-16(11-30-21(37)15-7-4-9-29-15)19-25(35,26(17,38)39)34-22(27)33-19/h3,5-6,15-17,19,29,38-39H,4,7-12H2,1-2H3,(H2,28,31)(H,30,37)(H,32,36)(H3,27,33,34)/t15?,16-,17?,19-,25-/m0/s1. The van der Waals surface area contributed by atoms with Gasteiger partial charge in [0.25, 0.3) is 5.91 Å². The van der Waals surface area contributed by atoms with Gasteiger partial charge in [0.15, 0.2) is 17.6 Å². The van der Waals surface area contributed by atoms with E-state index in [1.165, 1.54) is 4.90 Å². The van der Waals surface area contributed by atoms with Gasteiger partial charge in [-0.25, -0.2) is 9.98 Å². The highest BCUT2D eigenvalue weighted by Crippen LogP contribution is 2.45. The van der Waals surface area contributed by atoms with Crippen molar-refractivity contribution in [1.82, 2.24) is 26.2 Å². The molecule has 14 nitrogen and oxygen atoms in total. The van der Waals surface area contributed by atoms with Gasteiger partial charge in [0.2, 0.25) is 11.7 Å². The van der Waals surface area contributed by atoms with E-state index in [2.05, 4.69) is 45.1 Å². The Kier molecular flexibility index (Phi) is 6.12. The first-order valence-electron chi connectivity index (χ1n) is 13.7. The highest BCUT2D eigenvalue weighted by Gasteiger charge is 2.73. The van der Waals surface area contributed by atoms with Gasteiger partial charge in [0, 0.05) is 18.7 Å². The van der Waals surface area contributed by atoms with E-state index < -0.39 is 35.5 Å². The molecule has 1 aromatic carbocycles. The lowest BCUT2D eigenvalue weighted by molar-refractivity contribution is -0.230. The summed E-state index contributed by atoms with van der Waals surface area (Å²) in [7, 11) is 0. The van der Waals surface area contributed by atoms with Gasteiger partial charge in [0.05, 0.1) is 24.3 Å². The summed E-state index contributed by atoms with van der Waals surface area (Å²) in [6.45, 7) is 5.42. The number of aliphatic hydroxyl groups is 2. The van der Waals surface area contributed by atoms with Crippen LogP contribution in [-0.2, 0) is 10.2 Å². The number of aliphatic imine (C=N–C) groups is 2. The lowest BCUT2D eigenvalue weighted by atomic mass is 9.79. The van der Waals surface area contributed by atoms with Crippen molar-refractivity contribution in [3.63, 3.8) is 0 Å². The van der Waals surface area contributed by atoms with Crippen LogP contribution in [0.4, 0.5) is 0 Å². The first kappa shape index (κ1) is 26.6. The Balaban J connectivity index is 1.26. The van der Waals surface area contributed by atoms with Crippen LogP contribution in [0.15, 0.2) is 28.2 Å². The Morgan fingerprint density at radius 2 is 2.05 bits per heavy atom. The molecule has 5 aliphatic rings. The molecule has 0 saturated carbocycles. The number of hydrogen-bond acceptors (Lipinski definition) is 12. The lowest BCUT2D eigenvalue weighted by Gasteiger charge is -2.49. The second-order valence-electron chi connectivity index (χ2n) is 11.8. The number of ether oxygens (including phenoxy) is 1. The third-order valence-electron chi connectivity index (χ3n) is 8.93. The van der Waals surface area contributed by atoms with Crippen LogP contribution in [0.25, 0.3) is 0 Å². The molecule has 5 heterocycles. The second-order valence-corrected chi connectivity index (χ2v) is 11.8. The number of fused-ring (bicyclic) bond motifs is 1. The predicted octanol–water partition coefficient (Wildman–Crippen LogP) is -2.61. The molecule has 40 heavy (non-hydrogen) atoms. The number of nitrogens with one attached hydrogen (secondary N) is 4. The molecule has 0 bridgehead atoms. The minimum Gasteiger partial charge on any atom is -0.492 e. The molecule has 5 aliphatic heterocycles. The number of rotatable bonds is 5. The van der Waals surface area contributed by atoms with Crippen molar-refractivity contribution >= 4 is 23.7 Å². The Morgan fingerprint density at radius 1 is 1.25 bits per heavy atom. The molecule has 1 aromatic rings. The van der Waals surface area contributed by atoms with Crippen molar-refractivity contribution in [3.05, 3.63) is 29.3 Å². The van der Waals surface area contributed by atoms with Gasteiger partial charge in [0.1, 0.15) is 17.8 Å². The monoisotopic (exact) mass is 555 g/mol. The number of carbonyl (C=O) groups is 2. The van der Waals surface area contributed by atoms with E-state index in [9.17, 15) is 19.8 Å². The van der Waals surface area contributed by atoms with E-state index in [1.807, 2.05) is 6.07 Å². The topological polar surface area (TPSA) is 212 Å². The maximum atomic E-state index is 13.6. The van der Waals surface area contributed by atoms with E-state index in [4.69, 9.17) is 16.2 Å². The number of amides is 2. The molecule has 0 radical (unpaired) electrons. The minimum atomic E-state index is -2.58. The first-order valence-corrected chi connectivity index (χ1v) is 13.7. The zero-order valence-corrected chi connectivity index (χ0v) is 22.6. The van der Waals surface area contributed by atoms with E-state index >= 15 is 0 Å². The van der Waals surface area contributed by atoms with Gasteiger partial charge < -0.3 is 52.6 Å². The molecule has 216 valence electrons. The Hall–Kier alpha value is -3.62. The van der Waals surface area contributed by atoms with E-state index in [0.29, 0.717) is 17.9 Å². The fourth-order valence-electron chi connectivity index (χ4n) is 6.67. The molecular weight excluding hydrogens is 518 g/mol. The van der Waals surface area contributed by atoms with E-state index in [-0.39, 0.29) is 42.4 Å². The van der Waals surface area contributed by atoms with E-state index in [1.54, 1.807) is 12.1 Å². The number of nitrogens with zero attached hydrogens (tertiary/aromatic N) is 3. The summed E-state index contributed by atoms with van der Waals surface area (Å²) >= 11 is 0. The number of benzene rings is 1. The van der Waals surface area contributed by atoms with Crippen molar-refractivity contribution in [2.45, 2.75) is 74.1 Å². The van der Waals surface area contributed by atoms with Crippen molar-refractivity contribution in [1.29, 1.82) is 0 Å². The lowest BCUT2D eigenvalue weighted by Crippen LogP contribution is -2.78. The van der Waals surface area contributed by atoms with E-state index in [0.717, 1.165) is 31.4 Å². The summed E-state index contributed by atoms with van der Waals surface area (Å²) in [4.78, 5) is 36.6. The molecule has 10 N–H and O–H groups in total. The maximum absolute atomic E-state index is 13.6. The zero-order valence-electron chi connectivity index (χ0n) is 22.6. The fraction of sp³-hybridized carbons (Fsp3) is 0.615. The normalized spacial score (nSPS) is 33.0. The van der Waals surface area contributed by atoms with Gasteiger partial charge in [-0.3, -0.25) is 9.59 Å². The smallest absolute Gasteiger partial charge is 0.255 e. The van der Waals surface area contributed by atoms with Crippen LogP contribution in [0, 0.1) is 0 Å². The fourth-order valence-corrected chi connectivity index (χ4v) is 6.67. The van der Waals surface area contributed by atoms with Crippen molar-refractivity contribution in [2.75, 3.05) is 26.2 Å². The molecule has 14 heteroatoms. The predicted molar refractivity (Wildman–Crippen MR) is 145 cm³/mol. The highest BCUT2D eigenvalue weighted by molar-refractivity contribution is 5.98. The van der Waals surface area contributed by atoms with Crippen LogP contribution >= 0.6 is 0 Å². The van der Waals surface area contributed by atoms with Crippen LogP contribution in [0.1, 0.15) is 49.0 Å². The summed E-state index contributed by atoms with van der Waals surface area (Å²) in [5.74, 6) is -2.79. The molecule has 2 amide bonds. The summed E-state index contributed by atoms with van der Waals surface area (Å²) in [5, 5.41) is 35.1. The number of para-hydroxylation sites is 1. The van der Waals surface area contributed by atoms with Gasteiger partial charge in [-0.15, -0.1) is 0 Å². The number of guanidine groups is 2. The SMILES string of the molecule is CC1(C)CCOc2c(C(=O)NC3CN4C(N)=N[C@@H](CNC(=O)C5CCCN5)[C@@H]5N=C(N)N[C@@]54C3(O)O)cccc21. The minimum absolute atomic E-state index is 0.0123. The first-order chi connectivity index (χ1) is 19.0. The van der Waals surface area contributed by atoms with Crippen LogP contribution in [0.2, 0.25) is 0 Å². The highest BCUT2D eigenvalue weighted by atomic mass is 16.5. The van der Waals surface area contributed by atoms with Crippen LogP contribution in [0.3, 0.4) is 0 Å². The molecule has 2 unspecified atom stereocenters. The molecule has 6 rings (SSSR count). The molecule has 2 fully saturated rings. The van der Waals surface area contributed by atoms with Crippen LogP contribution in [-0.4, -0.2) is 101 Å². The summed E-state index contributed by atoms with van der Waals surface area (Å²) in [5.41, 5.74) is 11.7. The van der Waals surface area contributed by atoms with Crippen molar-refractivity contribution < 1.29 is 24.5 Å². The molecule has 5 atom stereocenters. The van der Waals surface area contributed by atoms with Gasteiger partial charge >= 0.3 is 0 Å². The molecule has 1 spiro atoms. The summed E-state index contributed by atoms with van der Waals surface area (Å²) in [6.07, 6.45) is 2.46. The number of nitrogens with two attached hydrogens (primary N) is 2. The molecule has 0 aliphatic carbocycles. The largest absolute Gasteiger partial charge is 0.492 e. The summed E-state index contributed by atoms with van der Waals surface area (Å²) in [6, 6.07) is 2.24. The Labute approximate surface area is 231 Å². The summed E-state index contributed by atoms with van der Waals surface area (Å²) < 4.78 is 5.90. The van der Waals surface area contributed by atoms with Crippen LogP contribution < -0.4 is 37.5 Å². The number of hydrogen-bond donors (Lipinski definition) is 8. The maximum Gasteiger partial charge on any atom is 0.255 e. The zero-order chi connectivity index (χ0) is 28.4. The van der Waals surface area contributed by atoms with Gasteiger partial charge in [-0.1, -0.05) is 26.0 Å². The number of carbonyl (C=O) groups excluding carboxylic acids is 2. The van der Waals surface area contributed by atoms with Gasteiger partial charge in [-0.05, 0) is 37.3 Å². The Morgan fingerprint density at radius 3 is 2.80 bits per heavy atom. The van der Waals surface area contributed by atoms with Crippen molar-refractivity contribution in [3.8, 4) is 5.75 Å². The molecule has 2 saturated heterocycles. The second kappa shape index (κ2) is 9.21. The van der Waals surface area contributed by atoms with Crippen molar-refractivity contribution in [2.24, 2.45) is 21.5 Å². The van der Waals surface area contributed by atoms with Crippen LogP contribution in [0.5, 0.6) is 5.75 Å².